The van der Waals surface area contributed by atoms with Gasteiger partial charge in [-0.3, -0.25) is 0 Å². The standard InChI is InChI=1S/C3H3O2S/c4-3-5-1-2-6-3/h2H,1H2. The Kier molecular flexibility index (Phi) is 1.01. The molecule has 0 N–H and O–H groups in total. The number of carbonyl (C=O) groups excluding carboxylic acids is 1. The summed E-state index contributed by atoms with van der Waals surface area (Å²) in [6.07, 6.45) is 0. The summed E-state index contributed by atoms with van der Waals surface area (Å²) in [5.41, 5.74) is 0. The van der Waals surface area contributed by atoms with Crippen molar-refractivity contribution in [1.82, 2.24) is 0 Å². The minimum Gasteiger partial charge on any atom is -0.456 e. The molecule has 1 heterocycles. The van der Waals surface area contributed by atoms with Gasteiger partial charge >= 0.3 is 5.30 Å². The third kappa shape index (κ3) is 0.653. The van der Waals surface area contributed by atoms with E-state index < -0.39 is 0 Å². The normalized spacial score (nSPS) is 21.0. The van der Waals surface area contributed by atoms with Crippen molar-refractivity contribution in [1.29, 1.82) is 0 Å². The molecule has 1 aliphatic heterocycles. The highest BCUT2D eigenvalue weighted by atomic mass is 32.2. The van der Waals surface area contributed by atoms with Crippen LogP contribution in [0, 0.1) is 5.75 Å². The summed E-state index contributed by atoms with van der Waals surface area (Å²) in [6.45, 7) is 0.476. The summed E-state index contributed by atoms with van der Waals surface area (Å²) in [5, 5.41) is -0.185. The molecule has 0 unspecified atom stereocenters. The van der Waals surface area contributed by atoms with Crippen molar-refractivity contribution in [2.45, 2.75) is 0 Å². The second-order valence-electron chi connectivity index (χ2n) is 0.846. The highest BCUT2D eigenvalue weighted by Gasteiger charge is 2.09. The number of thioether (sulfide) groups is 1. The smallest absolute Gasteiger partial charge is 0.367 e. The zero-order valence-electron chi connectivity index (χ0n) is 3.01. The molecule has 0 amide bonds. The molecule has 0 aromatic heterocycles. The van der Waals surface area contributed by atoms with Crippen molar-refractivity contribution in [2.75, 3.05) is 6.61 Å². The lowest BCUT2D eigenvalue weighted by Crippen LogP contribution is -1.82. The number of carbonyl (C=O) groups is 1. The number of hydrogen-bond acceptors (Lipinski definition) is 3. The molecule has 1 saturated heterocycles. The van der Waals surface area contributed by atoms with Gasteiger partial charge in [-0.05, 0) is 11.8 Å². The Morgan fingerprint density at radius 1 is 2.00 bits per heavy atom. The largest absolute Gasteiger partial charge is 0.456 e. The first-order valence-electron chi connectivity index (χ1n) is 1.54. The van der Waals surface area contributed by atoms with E-state index in [0.717, 1.165) is 11.8 Å². The summed E-state index contributed by atoms with van der Waals surface area (Å²) < 4.78 is 4.42. The van der Waals surface area contributed by atoms with Crippen LogP contribution in [0.5, 0.6) is 0 Å². The maximum Gasteiger partial charge on any atom is 0.367 e. The molecule has 2 nitrogen and oxygen atoms in total. The molecular formula is C3H3O2S. The van der Waals surface area contributed by atoms with Gasteiger partial charge in [0, 0.05) is 0 Å². The lowest BCUT2D eigenvalue weighted by molar-refractivity contribution is 0.191. The van der Waals surface area contributed by atoms with Crippen molar-refractivity contribution in [3.8, 4) is 0 Å². The Labute approximate surface area is 39.9 Å². The summed E-state index contributed by atoms with van der Waals surface area (Å²) in [6, 6.07) is 0. The molecule has 0 saturated carbocycles. The number of hydrogen-bond donors (Lipinski definition) is 0. The minimum atomic E-state index is -0.185. The predicted octanol–water partition coefficient (Wildman–Crippen LogP) is 1.03. The van der Waals surface area contributed by atoms with Crippen molar-refractivity contribution in [2.24, 2.45) is 0 Å². The van der Waals surface area contributed by atoms with Crippen LogP contribution in [0.2, 0.25) is 0 Å². The van der Waals surface area contributed by atoms with Crippen LogP contribution in [0.15, 0.2) is 0 Å². The lowest BCUT2D eigenvalue weighted by atomic mass is 10.9. The van der Waals surface area contributed by atoms with Crippen LogP contribution in [-0.4, -0.2) is 11.9 Å². The van der Waals surface area contributed by atoms with Crippen molar-refractivity contribution in [3.05, 3.63) is 5.75 Å². The van der Waals surface area contributed by atoms with Crippen LogP contribution < -0.4 is 0 Å². The molecule has 0 aromatic carbocycles. The van der Waals surface area contributed by atoms with Crippen LogP contribution in [0.4, 0.5) is 4.79 Å². The second-order valence-corrected chi connectivity index (χ2v) is 1.75. The molecule has 1 radical (unpaired) electrons. The summed E-state index contributed by atoms with van der Waals surface area (Å²) >= 11 is 1.11. The fourth-order valence-electron chi connectivity index (χ4n) is 0.238. The average molecular weight is 103 g/mol. The quantitative estimate of drug-likeness (QED) is 0.428. The van der Waals surface area contributed by atoms with Gasteiger partial charge in [-0.15, -0.1) is 0 Å². The van der Waals surface area contributed by atoms with Gasteiger partial charge in [0.2, 0.25) is 0 Å². The van der Waals surface area contributed by atoms with E-state index in [-0.39, 0.29) is 5.30 Å². The number of rotatable bonds is 0. The van der Waals surface area contributed by atoms with E-state index in [1.807, 2.05) is 0 Å². The van der Waals surface area contributed by atoms with Crippen LogP contribution in [-0.2, 0) is 4.74 Å². The zero-order valence-corrected chi connectivity index (χ0v) is 3.83. The van der Waals surface area contributed by atoms with Crippen LogP contribution >= 0.6 is 11.8 Å². The fraction of sp³-hybridized carbons (Fsp3) is 0.333. The topological polar surface area (TPSA) is 26.3 Å². The van der Waals surface area contributed by atoms with E-state index in [0.29, 0.717) is 6.61 Å². The number of cyclic esters (lactones) is 1. The van der Waals surface area contributed by atoms with Gasteiger partial charge < -0.3 is 4.74 Å². The van der Waals surface area contributed by atoms with E-state index in [1.165, 1.54) is 0 Å². The van der Waals surface area contributed by atoms with Gasteiger partial charge in [0.15, 0.2) is 0 Å². The fourth-order valence-corrected chi connectivity index (χ4v) is 0.646. The Bertz CT molecular complexity index is 63.2. The Morgan fingerprint density at radius 3 is 3.00 bits per heavy atom. The lowest BCUT2D eigenvalue weighted by Gasteiger charge is -1.79. The van der Waals surface area contributed by atoms with E-state index in [9.17, 15) is 4.79 Å². The van der Waals surface area contributed by atoms with Crippen LogP contribution in [0.1, 0.15) is 0 Å². The summed E-state index contributed by atoms with van der Waals surface area (Å²) in [7, 11) is 0. The van der Waals surface area contributed by atoms with Crippen molar-refractivity contribution >= 4 is 17.1 Å². The molecule has 0 aromatic rings. The third-order valence-electron chi connectivity index (χ3n) is 0.449. The van der Waals surface area contributed by atoms with Crippen molar-refractivity contribution in [3.63, 3.8) is 0 Å². The van der Waals surface area contributed by atoms with Crippen LogP contribution in [0.25, 0.3) is 0 Å². The average Bonchev–Trinajstić information content (AvgIpc) is 1.86. The molecule has 0 spiro atoms. The van der Waals surface area contributed by atoms with E-state index in [1.54, 1.807) is 5.75 Å². The Hall–Kier alpha value is -0.180. The molecule has 0 atom stereocenters. The monoisotopic (exact) mass is 103 g/mol. The first kappa shape index (κ1) is 3.99. The predicted molar refractivity (Wildman–Crippen MR) is 23.2 cm³/mol. The zero-order chi connectivity index (χ0) is 4.41. The molecule has 1 rings (SSSR count). The van der Waals surface area contributed by atoms with E-state index in [4.69, 9.17) is 0 Å². The van der Waals surface area contributed by atoms with Gasteiger partial charge in [-0.1, -0.05) is 0 Å². The van der Waals surface area contributed by atoms with Gasteiger partial charge in [0.05, 0.1) is 5.75 Å². The Morgan fingerprint density at radius 2 is 2.83 bits per heavy atom. The second kappa shape index (κ2) is 1.51. The molecule has 33 valence electrons. The number of ether oxygens (including phenoxy) is 1. The molecule has 1 fully saturated rings. The summed E-state index contributed by atoms with van der Waals surface area (Å²) in [4.78, 5) is 9.95. The van der Waals surface area contributed by atoms with E-state index in [2.05, 4.69) is 4.74 Å². The Balaban J connectivity index is 2.37. The van der Waals surface area contributed by atoms with Crippen molar-refractivity contribution < 1.29 is 9.53 Å². The molecule has 6 heavy (non-hydrogen) atoms. The molecule has 3 heteroatoms. The first-order valence-corrected chi connectivity index (χ1v) is 2.42. The van der Waals surface area contributed by atoms with Crippen LogP contribution in [0.3, 0.4) is 0 Å². The molecule has 1 aliphatic rings. The third-order valence-corrected chi connectivity index (χ3v) is 1.06. The highest BCUT2D eigenvalue weighted by Crippen LogP contribution is 2.16. The molecular weight excluding hydrogens is 100 g/mol. The van der Waals surface area contributed by atoms with Gasteiger partial charge in [-0.2, -0.15) is 0 Å². The summed E-state index contributed by atoms with van der Waals surface area (Å²) in [5.74, 6) is 1.72. The molecule has 0 aliphatic carbocycles. The highest BCUT2D eigenvalue weighted by molar-refractivity contribution is 8.15. The SMILES string of the molecule is O=C1OC[CH]S1. The first-order chi connectivity index (χ1) is 2.89. The van der Waals surface area contributed by atoms with Gasteiger partial charge in [-0.25, -0.2) is 4.79 Å². The minimum absolute atomic E-state index is 0.185. The maximum atomic E-state index is 9.95. The van der Waals surface area contributed by atoms with Gasteiger partial charge in [0.1, 0.15) is 6.61 Å². The maximum absolute atomic E-state index is 9.95. The van der Waals surface area contributed by atoms with Gasteiger partial charge in [0.25, 0.3) is 0 Å². The molecule has 0 bridgehead atoms. The van der Waals surface area contributed by atoms with E-state index >= 15 is 0 Å².